The molecule has 23 heavy (non-hydrogen) atoms. The maximum absolute atomic E-state index is 11.6. The number of fused-ring (bicyclic) bond motifs is 1. The number of aromatic carboxylic acids is 1. The Bertz CT molecular complexity index is 907. The molecular formula is C17H18N4O2. The molecule has 0 aliphatic rings. The summed E-state index contributed by atoms with van der Waals surface area (Å²) in [6.45, 7) is 6.00. The minimum atomic E-state index is -1.01. The Morgan fingerprint density at radius 1 is 1.17 bits per heavy atom. The quantitative estimate of drug-likeness (QED) is 0.759. The van der Waals surface area contributed by atoms with E-state index in [1.54, 1.807) is 18.2 Å². The van der Waals surface area contributed by atoms with E-state index in [-0.39, 0.29) is 11.1 Å². The second kappa shape index (κ2) is 5.08. The SMILES string of the molecule is CC(C)(C)c1cc(C(=O)O)n(-c2ccc3nc(N)ccc3c2)n1. The van der Waals surface area contributed by atoms with Crippen molar-refractivity contribution in [3.8, 4) is 5.69 Å². The fraction of sp³-hybridized carbons (Fsp3) is 0.235. The summed E-state index contributed by atoms with van der Waals surface area (Å²) in [6, 6.07) is 10.6. The van der Waals surface area contributed by atoms with Crippen molar-refractivity contribution in [3.63, 3.8) is 0 Å². The number of rotatable bonds is 2. The number of nitrogens with two attached hydrogens (primary N) is 1. The van der Waals surface area contributed by atoms with Gasteiger partial charge in [-0.2, -0.15) is 5.10 Å². The highest BCUT2D eigenvalue weighted by Crippen LogP contribution is 2.25. The molecule has 0 aliphatic carbocycles. The van der Waals surface area contributed by atoms with Gasteiger partial charge in [0.15, 0.2) is 5.69 Å². The molecule has 0 aliphatic heterocycles. The van der Waals surface area contributed by atoms with Crippen LogP contribution >= 0.6 is 0 Å². The van der Waals surface area contributed by atoms with Gasteiger partial charge in [-0.05, 0) is 36.4 Å². The number of hydrogen-bond acceptors (Lipinski definition) is 4. The van der Waals surface area contributed by atoms with E-state index < -0.39 is 5.97 Å². The monoisotopic (exact) mass is 310 g/mol. The van der Waals surface area contributed by atoms with Gasteiger partial charge in [-0.15, -0.1) is 0 Å². The fourth-order valence-corrected chi connectivity index (χ4v) is 2.36. The molecule has 3 rings (SSSR count). The Morgan fingerprint density at radius 3 is 2.57 bits per heavy atom. The molecule has 0 saturated heterocycles. The molecule has 0 atom stereocenters. The summed E-state index contributed by atoms with van der Waals surface area (Å²) in [5, 5.41) is 14.8. The van der Waals surface area contributed by atoms with Gasteiger partial charge in [0.05, 0.1) is 16.9 Å². The minimum Gasteiger partial charge on any atom is -0.477 e. The molecule has 3 N–H and O–H groups in total. The van der Waals surface area contributed by atoms with Crippen molar-refractivity contribution < 1.29 is 9.90 Å². The highest BCUT2D eigenvalue weighted by atomic mass is 16.4. The summed E-state index contributed by atoms with van der Waals surface area (Å²) >= 11 is 0. The molecule has 0 amide bonds. The summed E-state index contributed by atoms with van der Waals surface area (Å²) in [5.41, 5.74) is 7.75. The average Bonchev–Trinajstić information content (AvgIpc) is 2.92. The molecule has 0 radical (unpaired) electrons. The number of aromatic nitrogens is 3. The smallest absolute Gasteiger partial charge is 0.354 e. The van der Waals surface area contributed by atoms with Crippen molar-refractivity contribution in [1.82, 2.24) is 14.8 Å². The first kappa shape index (κ1) is 15.0. The van der Waals surface area contributed by atoms with E-state index in [0.717, 1.165) is 16.6 Å². The molecule has 0 spiro atoms. The highest BCUT2D eigenvalue weighted by Gasteiger charge is 2.23. The summed E-state index contributed by atoms with van der Waals surface area (Å²) in [6.07, 6.45) is 0. The zero-order valence-corrected chi connectivity index (χ0v) is 13.2. The number of carboxylic acid groups (broad SMARTS) is 1. The largest absolute Gasteiger partial charge is 0.477 e. The van der Waals surface area contributed by atoms with Gasteiger partial charge in [-0.25, -0.2) is 14.5 Å². The second-order valence-electron chi connectivity index (χ2n) is 6.49. The first-order chi connectivity index (χ1) is 10.8. The van der Waals surface area contributed by atoms with Crippen molar-refractivity contribution in [3.05, 3.63) is 47.8 Å². The van der Waals surface area contributed by atoms with Gasteiger partial charge in [0, 0.05) is 10.8 Å². The lowest BCUT2D eigenvalue weighted by Crippen LogP contribution is -2.12. The average molecular weight is 310 g/mol. The molecular weight excluding hydrogens is 292 g/mol. The van der Waals surface area contributed by atoms with Crippen LogP contribution in [-0.2, 0) is 5.41 Å². The molecule has 1 aromatic carbocycles. The standard InChI is InChI=1S/C17H18N4O2/c1-17(2,3)14-9-13(16(22)23)21(20-14)11-5-6-12-10(8-11)4-7-15(18)19-12/h4-9H,1-3H3,(H2,18,19)(H,22,23). The van der Waals surface area contributed by atoms with Crippen LogP contribution in [0, 0.1) is 0 Å². The third-order valence-corrected chi connectivity index (χ3v) is 3.64. The zero-order chi connectivity index (χ0) is 16.8. The molecule has 0 unspecified atom stereocenters. The van der Waals surface area contributed by atoms with Gasteiger partial charge in [0.1, 0.15) is 5.82 Å². The topological polar surface area (TPSA) is 94.0 Å². The predicted octanol–water partition coefficient (Wildman–Crippen LogP) is 3.00. The van der Waals surface area contributed by atoms with Gasteiger partial charge >= 0.3 is 5.97 Å². The van der Waals surface area contributed by atoms with Gasteiger partial charge in [0.25, 0.3) is 0 Å². The van der Waals surface area contributed by atoms with Gasteiger partial charge in [-0.1, -0.05) is 20.8 Å². The van der Waals surface area contributed by atoms with Crippen LogP contribution in [0.25, 0.3) is 16.6 Å². The Kier molecular flexibility index (Phi) is 3.32. The number of benzene rings is 1. The van der Waals surface area contributed by atoms with Crippen LogP contribution in [0.2, 0.25) is 0 Å². The Labute approximate surface area is 133 Å². The Morgan fingerprint density at radius 2 is 1.91 bits per heavy atom. The van der Waals surface area contributed by atoms with Crippen molar-refractivity contribution in [2.24, 2.45) is 0 Å². The van der Waals surface area contributed by atoms with E-state index in [0.29, 0.717) is 11.5 Å². The first-order valence-corrected chi connectivity index (χ1v) is 7.26. The lowest BCUT2D eigenvalue weighted by molar-refractivity contribution is 0.0687. The van der Waals surface area contributed by atoms with E-state index in [1.165, 1.54) is 4.68 Å². The number of nitrogen functional groups attached to an aromatic ring is 1. The van der Waals surface area contributed by atoms with Crippen LogP contribution in [0.4, 0.5) is 5.82 Å². The molecule has 2 heterocycles. The molecule has 0 fully saturated rings. The molecule has 3 aromatic rings. The van der Waals surface area contributed by atoms with Crippen molar-refractivity contribution >= 4 is 22.7 Å². The lowest BCUT2D eigenvalue weighted by atomic mass is 9.92. The van der Waals surface area contributed by atoms with Crippen LogP contribution in [0.5, 0.6) is 0 Å². The summed E-state index contributed by atoms with van der Waals surface area (Å²) in [7, 11) is 0. The molecule has 0 saturated carbocycles. The van der Waals surface area contributed by atoms with E-state index in [9.17, 15) is 9.90 Å². The van der Waals surface area contributed by atoms with Crippen LogP contribution in [0.15, 0.2) is 36.4 Å². The zero-order valence-electron chi connectivity index (χ0n) is 13.2. The number of hydrogen-bond donors (Lipinski definition) is 2. The maximum atomic E-state index is 11.6. The van der Waals surface area contributed by atoms with E-state index in [1.807, 2.05) is 39.0 Å². The third kappa shape index (κ3) is 2.75. The number of carboxylic acids is 1. The molecule has 2 aromatic heterocycles. The van der Waals surface area contributed by atoms with E-state index >= 15 is 0 Å². The summed E-state index contributed by atoms with van der Waals surface area (Å²) in [5.74, 6) is -0.561. The second-order valence-corrected chi connectivity index (χ2v) is 6.49. The van der Waals surface area contributed by atoms with Gasteiger partial charge in [0.2, 0.25) is 0 Å². The van der Waals surface area contributed by atoms with Crippen LogP contribution in [-0.4, -0.2) is 25.8 Å². The van der Waals surface area contributed by atoms with Crippen molar-refractivity contribution in [2.45, 2.75) is 26.2 Å². The lowest BCUT2D eigenvalue weighted by Gasteiger charge is -2.14. The highest BCUT2D eigenvalue weighted by molar-refractivity contribution is 5.87. The fourth-order valence-electron chi connectivity index (χ4n) is 2.36. The van der Waals surface area contributed by atoms with Crippen LogP contribution in [0.1, 0.15) is 37.0 Å². The van der Waals surface area contributed by atoms with Crippen LogP contribution < -0.4 is 5.73 Å². The Balaban J connectivity index is 2.19. The summed E-state index contributed by atoms with van der Waals surface area (Å²) in [4.78, 5) is 15.8. The number of nitrogens with zero attached hydrogens (tertiary/aromatic N) is 3. The Hall–Kier alpha value is -2.89. The number of carbonyl (C=O) groups is 1. The molecule has 0 bridgehead atoms. The van der Waals surface area contributed by atoms with E-state index in [4.69, 9.17) is 5.73 Å². The number of pyridine rings is 1. The van der Waals surface area contributed by atoms with E-state index in [2.05, 4.69) is 10.1 Å². The molecule has 6 heteroatoms. The maximum Gasteiger partial charge on any atom is 0.354 e. The predicted molar refractivity (Wildman–Crippen MR) is 88.9 cm³/mol. The normalized spacial score (nSPS) is 11.8. The van der Waals surface area contributed by atoms with Crippen molar-refractivity contribution in [1.29, 1.82) is 0 Å². The van der Waals surface area contributed by atoms with Gasteiger partial charge < -0.3 is 10.8 Å². The first-order valence-electron chi connectivity index (χ1n) is 7.26. The minimum absolute atomic E-state index is 0.137. The van der Waals surface area contributed by atoms with Crippen LogP contribution in [0.3, 0.4) is 0 Å². The van der Waals surface area contributed by atoms with Gasteiger partial charge in [-0.3, -0.25) is 0 Å². The number of anilines is 1. The van der Waals surface area contributed by atoms with Crippen molar-refractivity contribution in [2.75, 3.05) is 5.73 Å². The summed E-state index contributed by atoms with van der Waals surface area (Å²) < 4.78 is 1.46. The molecule has 118 valence electrons. The third-order valence-electron chi connectivity index (χ3n) is 3.64. The molecule has 6 nitrogen and oxygen atoms in total.